The Kier molecular flexibility index (Phi) is 13.9. The van der Waals surface area contributed by atoms with Gasteiger partial charge in [-0.05, 0) is 6.07 Å². The molecule has 2 N–H and O–H groups in total. The van der Waals surface area contributed by atoms with E-state index < -0.39 is 0 Å². The average molecular weight is 390 g/mol. The molecule has 0 saturated carbocycles. The van der Waals surface area contributed by atoms with E-state index in [-0.39, 0.29) is 64.1 Å². The number of benzene rings is 1. The van der Waals surface area contributed by atoms with Crippen molar-refractivity contribution in [2.24, 2.45) is 0 Å². The molecular weight excluding hydrogens is 384 g/mol. The van der Waals surface area contributed by atoms with Gasteiger partial charge in [0, 0.05) is 26.2 Å². The Labute approximate surface area is 137 Å². The summed E-state index contributed by atoms with van der Waals surface area (Å²) in [6, 6.07) is 1.44. The molecule has 0 heterocycles. The second-order valence-electron chi connectivity index (χ2n) is 1.78. The van der Waals surface area contributed by atoms with E-state index in [1.165, 1.54) is 6.07 Å². The SMILES string of the molecule is Clc1cc(Cl)c(Cl)c(Cl)c1Cl.O.[AlH3].[Zr]. The van der Waals surface area contributed by atoms with Gasteiger partial charge in [-0.25, -0.2) is 0 Å². The van der Waals surface area contributed by atoms with Gasteiger partial charge in [-0.3, -0.25) is 0 Å². The van der Waals surface area contributed by atoms with Gasteiger partial charge in [0.1, 0.15) is 0 Å². The van der Waals surface area contributed by atoms with Crippen LogP contribution in [0.4, 0.5) is 0 Å². The van der Waals surface area contributed by atoms with E-state index in [2.05, 4.69) is 0 Å². The van der Waals surface area contributed by atoms with Crippen LogP contribution < -0.4 is 0 Å². The predicted molar refractivity (Wildman–Crippen MR) is 65.0 cm³/mol. The first-order chi connectivity index (χ1) is 5.04. The van der Waals surface area contributed by atoms with Crippen LogP contribution in [-0.4, -0.2) is 22.8 Å². The van der Waals surface area contributed by atoms with Crippen LogP contribution in [0.25, 0.3) is 0 Å². The number of hydrogen-bond acceptors (Lipinski definition) is 0. The van der Waals surface area contributed by atoms with Crippen molar-refractivity contribution in [2.45, 2.75) is 0 Å². The third-order valence-electron chi connectivity index (χ3n) is 1.06. The Morgan fingerprint density at radius 3 is 1.29 bits per heavy atom. The zero-order valence-corrected chi connectivity index (χ0v) is 12.2. The van der Waals surface area contributed by atoms with E-state index in [0.717, 1.165) is 0 Å². The normalized spacial score (nSPS) is 8.07. The van der Waals surface area contributed by atoms with Crippen molar-refractivity contribution in [3.8, 4) is 0 Å². The molecule has 14 heavy (non-hydrogen) atoms. The number of rotatable bonds is 0. The van der Waals surface area contributed by atoms with E-state index in [9.17, 15) is 0 Å². The van der Waals surface area contributed by atoms with Gasteiger partial charge in [-0.1, -0.05) is 58.0 Å². The zero-order chi connectivity index (χ0) is 8.59. The standard InChI is InChI=1S/C6HCl5.Al.H2O.Zr.3H/c7-2-1-3(8)5(10)6(11)4(2)9;;;;;;/h1H;;1H2;;;;. The van der Waals surface area contributed by atoms with Crippen molar-refractivity contribution in [1.82, 2.24) is 0 Å². The minimum atomic E-state index is 0. The Morgan fingerprint density at radius 2 is 1.00 bits per heavy atom. The molecule has 0 unspecified atom stereocenters. The van der Waals surface area contributed by atoms with Gasteiger partial charge in [-0.2, -0.15) is 0 Å². The van der Waals surface area contributed by atoms with E-state index in [1.54, 1.807) is 0 Å². The summed E-state index contributed by atoms with van der Waals surface area (Å²) in [5.41, 5.74) is 0. The maximum absolute atomic E-state index is 5.66. The van der Waals surface area contributed by atoms with Crippen LogP contribution in [0.15, 0.2) is 6.07 Å². The summed E-state index contributed by atoms with van der Waals surface area (Å²) in [7, 11) is 0. The predicted octanol–water partition coefficient (Wildman–Crippen LogP) is 2.94. The van der Waals surface area contributed by atoms with Crippen LogP contribution in [0.1, 0.15) is 0 Å². The van der Waals surface area contributed by atoms with Crippen LogP contribution >= 0.6 is 58.0 Å². The van der Waals surface area contributed by atoms with Crippen molar-refractivity contribution in [2.75, 3.05) is 0 Å². The van der Waals surface area contributed by atoms with Gasteiger partial charge in [0.05, 0.1) is 25.1 Å². The maximum atomic E-state index is 5.66. The van der Waals surface area contributed by atoms with Gasteiger partial charge >= 0.3 is 0 Å². The van der Waals surface area contributed by atoms with Crippen molar-refractivity contribution in [1.29, 1.82) is 0 Å². The van der Waals surface area contributed by atoms with Crippen molar-refractivity contribution < 1.29 is 31.7 Å². The minimum Gasteiger partial charge on any atom is -0.412 e. The van der Waals surface area contributed by atoms with Gasteiger partial charge in [0.15, 0.2) is 17.4 Å². The molecule has 0 saturated heterocycles. The summed E-state index contributed by atoms with van der Waals surface area (Å²) in [6.07, 6.45) is 0. The van der Waals surface area contributed by atoms with Gasteiger partial charge in [0.25, 0.3) is 0 Å². The van der Waals surface area contributed by atoms with Gasteiger partial charge in [-0.15, -0.1) is 0 Å². The van der Waals surface area contributed by atoms with Crippen molar-refractivity contribution >= 4 is 75.4 Å². The molecule has 0 spiro atoms. The fourth-order valence-electron chi connectivity index (χ4n) is 0.544. The quantitative estimate of drug-likeness (QED) is 0.371. The van der Waals surface area contributed by atoms with Crippen LogP contribution in [0, 0.1) is 0 Å². The molecule has 0 aliphatic rings. The van der Waals surface area contributed by atoms with Gasteiger partial charge < -0.3 is 5.48 Å². The topological polar surface area (TPSA) is 31.5 Å². The first-order valence-corrected chi connectivity index (χ1v) is 4.41. The molecule has 0 fully saturated rings. The molecule has 1 aromatic rings. The molecule has 1 rings (SSSR count). The van der Waals surface area contributed by atoms with Crippen LogP contribution in [0.3, 0.4) is 0 Å². The average Bonchev–Trinajstić information content (AvgIpc) is 1.97. The van der Waals surface area contributed by atoms with Crippen molar-refractivity contribution in [3.63, 3.8) is 0 Å². The largest absolute Gasteiger partial charge is 0.412 e. The first-order valence-electron chi connectivity index (χ1n) is 2.52. The van der Waals surface area contributed by atoms with Crippen molar-refractivity contribution in [3.05, 3.63) is 31.2 Å². The van der Waals surface area contributed by atoms with E-state index in [0.29, 0.717) is 10.0 Å². The molecule has 78 valence electrons. The number of halogens is 5. The summed E-state index contributed by atoms with van der Waals surface area (Å²) in [5, 5.41) is 1.23. The molecule has 0 bridgehead atoms. The molecule has 1 aromatic carbocycles. The molecule has 0 aliphatic carbocycles. The molecule has 0 aromatic heterocycles. The summed E-state index contributed by atoms with van der Waals surface area (Å²) in [6.45, 7) is 0. The Balaban J connectivity index is -0.000000403. The Bertz CT molecular complexity index is 283. The molecule has 0 aliphatic heterocycles. The molecular formula is C6H6AlCl5OZr. The zero-order valence-electron chi connectivity index (χ0n) is 5.97. The van der Waals surface area contributed by atoms with E-state index >= 15 is 0 Å². The summed E-state index contributed by atoms with van der Waals surface area (Å²) >= 11 is 28.2. The monoisotopic (exact) mass is 386 g/mol. The molecule has 0 amide bonds. The second kappa shape index (κ2) is 9.11. The smallest absolute Gasteiger partial charge is 0.187 e. The summed E-state index contributed by atoms with van der Waals surface area (Å²) < 4.78 is 0. The summed E-state index contributed by atoms with van der Waals surface area (Å²) in [5.74, 6) is 0. The minimum absolute atomic E-state index is 0. The van der Waals surface area contributed by atoms with E-state index in [1.807, 2.05) is 0 Å². The fourth-order valence-corrected chi connectivity index (χ4v) is 1.65. The third-order valence-corrected chi connectivity index (χ3v) is 3.20. The van der Waals surface area contributed by atoms with Gasteiger partial charge in [0.2, 0.25) is 0 Å². The summed E-state index contributed by atoms with van der Waals surface area (Å²) in [4.78, 5) is 0. The molecule has 0 radical (unpaired) electrons. The van der Waals surface area contributed by atoms with Crippen LogP contribution in [0.5, 0.6) is 0 Å². The molecule has 1 nitrogen and oxygen atoms in total. The van der Waals surface area contributed by atoms with Crippen LogP contribution in [0.2, 0.25) is 25.1 Å². The molecule has 0 atom stereocenters. The first kappa shape index (κ1) is 21.3. The van der Waals surface area contributed by atoms with Crippen LogP contribution in [-0.2, 0) is 26.2 Å². The second-order valence-corrected chi connectivity index (χ2v) is 3.73. The third kappa shape index (κ3) is 4.92. The Morgan fingerprint density at radius 1 is 0.714 bits per heavy atom. The fraction of sp³-hybridized carbons (Fsp3) is 0. The maximum Gasteiger partial charge on any atom is 0.187 e. The number of hydrogen-bond donors (Lipinski definition) is 0. The molecule has 8 heteroatoms. The Hall–Kier alpha value is 2.05. The van der Waals surface area contributed by atoms with E-state index in [4.69, 9.17) is 58.0 Å².